The van der Waals surface area contributed by atoms with Crippen molar-refractivity contribution < 1.29 is 46.4 Å². The number of halogens is 4. The van der Waals surface area contributed by atoms with Gasteiger partial charge in [0.25, 0.3) is 0 Å². The maximum atomic E-state index is 13.0. The molecule has 1 fully saturated rings. The number of amides is 2. The summed E-state index contributed by atoms with van der Waals surface area (Å²) in [6.45, 7) is 8.94. The van der Waals surface area contributed by atoms with Crippen LogP contribution in [0.15, 0.2) is 29.8 Å². The zero-order chi connectivity index (χ0) is 27.6. The van der Waals surface area contributed by atoms with Gasteiger partial charge in [-0.2, -0.15) is 19.2 Å². The summed E-state index contributed by atoms with van der Waals surface area (Å²) in [7, 11) is 3.32. The fraction of sp³-hybridized carbons (Fsp3) is 0.250. The first-order valence-electron chi connectivity index (χ1n) is 9.96. The predicted molar refractivity (Wildman–Crippen MR) is 134 cm³/mol. The van der Waals surface area contributed by atoms with E-state index in [1.54, 1.807) is 14.1 Å². The van der Waals surface area contributed by atoms with E-state index in [4.69, 9.17) is 29.0 Å². The first-order valence-corrected chi connectivity index (χ1v) is 11.2. The first-order chi connectivity index (χ1) is 16.7. The largest absolute Gasteiger partial charge is 1.00 e. The number of alkyl halides is 3. The van der Waals surface area contributed by atoms with Crippen LogP contribution in [0.5, 0.6) is 0 Å². The zero-order valence-corrected chi connectivity index (χ0v) is 21.7. The van der Waals surface area contributed by atoms with Gasteiger partial charge in [0.15, 0.2) is 11.1 Å². The Morgan fingerprint density at radius 2 is 1.89 bits per heavy atom. The smallest absolute Gasteiger partial charge is 0.419 e. The van der Waals surface area contributed by atoms with Crippen LogP contribution < -0.4 is 24.2 Å². The van der Waals surface area contributed by atoms with Crippen molar-refractivity contribution in [2.75, 3.05) is 14.1 Å². The molecule has 1 aliphatic rings. The number of carbonyl (C=O) groups excluding carboxylic acids is 3. The Kier molecular flexibility index (Phi) is 14.2. The Bertz CT molecular complexity index is 1170. The number of benzene rings is 1. The van der Waals surface area contributed by atoms with E-state index in [-0.39, 0.29) is 46.3 Å². The van der Waals surface area contributed by atoms with Crippen molar-refractivity contribution in [3.63, 3.8) is 0 Å². The summed E-state index contributed by atoms with van der Waals surface area (Å²) in [5, 5.41) is 16.7. The maximum absolute atomic E-state index is 13.0. The molecule has 0 aromatic heterocycles. The molecule has 0 spiro atoms. The number of rotatable bonds is 4. The number of hydrogen-bond acceptors (Lipinski definition) is 6. The fourth-order valence-electron chi connectivity index (χ4n) is 2.10. The van der Waals surface area contributed by atoms with Gasteiger partial charge in [0.2, 0.25) is 0 Å². The Morgan fingerprint density at radius 3 is 2.35 bits per heavy atom. The van der Waals surface area contributed by atoms with E-state index >= 15 is 0 Å². The van der Waals surface area contributed by atoms with Crippen LogP contribution in [0.25, 0.3) is 5.57 Å². The van der Waals surface area contributed by atoms with Crippen LogP contribution in [0.4, 0.5) is 13.2 Å². The summed E-state index contributed by atoms with van der Waals surface area (Å²) in [5.74, 6) is 4.42. The van der Waals surface area contributed by atoms with Gasteiger partial charge in [0.05, 0.1) is 5.91 Å². The third-order valence-corrected chi connectivity index (χ3v) is 5.16. The van der Waals surface area contributed by atoms with Crippen LogP contribution in [0.1, 0.15) is 24.0 Å². The molecule has 1 aromatic rings. The second kappa shape index (κ2) is 15.4. The molecule has 1 aliphatic carbocycles. The predicted octanol–water partition coefficient (Wildman–Crippen LogP) is 1.30. The van der Waals surface area contributed by atoms with E-state index in [0.29, 0.717) is 23.9 Å². The van der Waals surface area contributed by atoms with E-state index < -0.39 is 34.0 Å². The zero-order valence-electron chi connectivity index (χ0n) is 20.2. The number of allylic oxidation sites excluding steroid dienone is 1. The molecular weight excluding hydrogens is 524 g/mol. The van der Waals surface area contributed by atoms with Crippen molar-refractivity contribution in [1.82, 2.24) is 10.2 Å². The van der Waals surface area contributed by atoms with Gasteiger partial charge in [-0.3, -0.25) is 15.6 Å². The van der Waals surface area contributed by atoms with Crippen LogP contribution in [-0.4, -0.2) is 47.3 Å². The molecular formula is C24H21ClF3LiN4O3S-2. The number of carbonyl (C=O) groups is 2. The normalized spacial score (nSPS) is 12.3. The molecule has 0 saturated heterocycles. The molecule has 0 radical (unpaired) electrons. The fourth-order valence-corrected chi connectivity index (χ4v) is 2.77. The van der Waals surface area contributed by atoms with Gasteiger partial charge in [0, 0.05) is 25.6 Å². The SMILES string of the molecule is [CH-]=C(/C(=C\[C-]=O)C(=O)NC(=N)SC(=N)C#CC1CC1)c1cc(C(F)(F)F)ccc1Cl.[CH2-]C(=O)N(C)C.[Li+]. The molecule has 0 bridgehead atoms. The second-order valence-electron chi connectivity index (χ2n) is 7.33. The number of hydrogen-bond donors (Lipinski definition) is 3. The Balaban J connectivity index is 0.00000165. The summed E-state index contributed by atoms with van der Waals surface area (Å²) in [4.78, 5) is 34.6. The van der Waals surface area contributed by atoms with Gasteiger partial charge in [-0.25, -0.2) is 12.2 Å². The average Bonchev–Trinajstić information content (AvgIpc) is 3.60. The molecule has 0 unspecified atom stereocenters. The number of nitrogens with zero attached hydrogens (tertiary/aromatic N) is 1. The van der Waals surface area contributed by atoms with Gasteiger partial charge in [-0.1, -0.05) is 35.7 Å². The van der Waals surface area contributed by atoms with Crippen molar-refractivity contribution in [3.8, 4) is 11.8 Å². The van der Waals surface area contributed by atoms with Gasteiger partial charge in [-0.15, -0.1) is 11.1 Å². The third kappa shape index (κ3) is 12.3. The summed E-state index contributed by atoms with van der Waals surface area (Å²) in [6, 6.07) is 2.35. The monoisotopic (exact) mass is 544 g/mol. The van der Waals surface area contributed by atoms with Crippen LogP contribution >= 0.6 is 23.4 Å². The molecule has 1 saturated carbocycles. The third-order valence-electron chi connectivity index (χ3n) is 4.22. The van der Waals surface area contributed by atoms with E-state index in [1.165, 1.54) is 11.2 Å². The van der Waals surface area contributed by atoms with Crippen LogP contribution in [0.2, 0.25) is 5.02 Å². The van der Waals surface area contributed by atoms with Crippen LogP contribution in [-0.2, 0) is 20.6 Å². The van der Waals surface area contributed by atoms with Gasteiger partial charge in [0.1, 0.15) is 5.04 Å². The molecule has 13 heteroatoms. The average molecular weight is 545 g/mol. The number of amidine groups is 1. The molecule has 192 valence electrons. The standard InChI is InChI=1S/C20H13ClF3N3O2S.C4H8NO.Li/c1-11(15-10-13(20(22,23)24)5-6-16(15)21)14(8-9-28)18(29)27-19(26)30-17(25)7-4-12-2-3-12;1-4(6)5(2)3;/h1,5-6,8,10,12,25H,2-3H2,(H2,26,27,29);1H2,2-3H3;/q-2;-1;+1/b14-8+,25-17?;;. The van der Waals surface area contributed by atoms with Crippen LogP contribution in [0.3, 0.4) is 0 Å². The van der Waals surface area contributed by atoms with E-state index in [1.807, 2.05) is 0 Å². The van der Waals surface area contributed by atoms with Crippen LogP contribution in [0, 0.1) is 42.1 Å². The molecule has 1 aromatic carbocycles. The van der Waals surface area contributed by atoms with E-state index in [2.05, 4.69) is 24.1 Å². The van der Waals surface area contributed by atoms with E-state index in [9.17, 15) is 27.6 Å². The minimum atomic E-state index is -4.68. The van der Waals surface area contributed by atoms with Crippen molar-refractivity contribution in [3.05, 3.63) is 59.5 Å². The van der Waals surface area contributed by atoms with Gasteiger partial charge < -0.3 is 26.7 Å². The number of nitrogens with one attached hydrogen (secondary N) is 3. The first kappa shape index (κ1) is 34.1. The summed E-state index contributed by atoms with van der Waals surface area (Å²) >= 11 is 6.47. The summed E-state index contributed by atoms with van der Waals surface area (Å²) in [5.41, 5.74) is -2.41. The quantitative estimate of drug-likeness (QED) is 0.101. The second-order valence-corrected chi connectivity index (χ2v) is 8.76. The maximum Gasteiger partial charge on any atom is 1.00 e. The summed E-state index contributed by atoms with van der Waals surface area (Å²) < 4.78 is 38.9. The topological polar surface area (TPSA) is 114 Å². The Labute approximate surface area is 234 Å². The minimum absolute atomic E-state index is 0. The van der Waals surface area contributed by atoms with Crippen molar-refractivity contribution >= 4 is 57.2 Å². The molecule has 0 aliphatic heterocycles. The molecule has 2 amide bonds. The van der Waals surface area contributed by atoms with Crippen molar-refractivity contribution in [1.29, 1.82) is 10.8 Å². The van der Waals surface area contributed by atoms with Gasteiger partial charge >= 0.3 is 25.0 Å². The molecule has 7 nitrogen and oxygen atoms in total. The Morgan fingerprint density at radius 1 is 1.32 bits per heavy atom. The summed E-state index contributed by atoms with van der Waals surface area (Å²) in [6.07, 6.45) is -0.796. The van der Waals surface area contributed by atoms with E-state index in [0.717, 1.165) is 25.0 Å². The molecule has 0 atom stereocenters. The Hall–Kier alpha value is -2.89. The molecule has 0 heterocycles. The molecule has 2 rings (SSSR count). The molecule has 3 N–H and O–H groups in total. The van der Waals surface area contributed by atoms with Gasteiger partial charge in [-0.05, 0) is 41.8 Å². The minimum Gasteiger partial charge on any atom is -0.419 e. The molecule has 37 heavy (non-hydrogen) atoms. The number of thioether (sulfide) groups is 1. The van der Waals surface area contributed by atoms with Crippen molar-refractivity contribution in [2.45, 2.75) is 19.0 Å². The van der Waals surface area contributed by atoms with Crippen molar-refractivity contribution in [2.24, 2.45) is 5.92 Å².